The fourth-order valence-electron chi connectivity index (χ4n) is 3.30. The Labute approximate surface area is 209 Å². The van der Waals surface area contributed by atoms with Gasteiger partial charge in [-0.2, -0.15) is 0 Å². The molecule has 36 heavy (non-hydrogen) atoms. The third kappa shape index (κ3) is 10.8. The first kappa shape index (κ1) is 30.5. The third-order valence-corrected chi connectivity index (χ3v) is 5.30. The van der Waals surface area contributed by atoms with Crippen molar-refractivity contribution in [1.29, 1.82) is 0 Å². The number of carbonyl (C=O) groups excluding carboxylic acids is 4. The van der Waals surface area contributed by atoms with Gasteiger partial charge in [0.15, 0.2) is 0 Å². The van der Waals surface area contributed by atoms with Crippen LogP contribution < -0.4 is 33.2 Å². The molecule has 0 saturated heterocycles. The molecule has 0 heterocycles. The van der Waals surface area contributed by atoms with E-state index in [1.165, 1.54) is 6.92 Å². The van der Waals surface area contributed by atoms with E-state index in [0.717, 1.165) is 0 Å². The molecule has 0 aliphatic rings. The molecule has 1 aromatic carbocycles. The van der Waals surface area contributed by atoms with E-state index in [1.54, 1.807) is 30.3 Å². The first-order valence-corrected chi connectivity index (χ1v) is 11.6. The summed E-state index contributed by atoms with van der Waals surface area (Å²) in [5.41, 5.74) is 17.1. The maximum atomic E-state index is 12.8. The number of aliphatic carboxylic acids is 1. The number of aliphatic hydroxyl groups excluding tert-OH is 1. The largest absolute Gasteiger partial charge is 0.480 e. The smallest absolute Gasteiger partial charge is 0.326 e. The van der Waals surface area contributed by atoms with Crippen molar-refractivity contribution >= 4 is 29.6 Å². The summed E-state index contributed by atoms with van der Waals surface area (Å²) in [6.45, 7) is 1.64. The molecule has 0 aliphatic carbocycles. The van der Waals surface area contributed by atoms with Gasteiger partial charge in [0.25, 0.3) is 0 Å². The van der Waals surface area contributed by atoms with Gasteiger partial charge in [0, 0.05) is 6.42 Å². The summed E-state index contributed by atoms with van der Waals surface area (Å²) in [4.78, 5) is 61.2. The van der Waals surface area contributed by atoms with E-state index in [1.807, 2.05) is 0 Å². The lowest BCUT2D eigenvalue weighted by molar-refractivity contribution is -0.143. The molecule has 0 saturated carbocycles. The highest BCUT2D eigenvalue weighted by molar-refractivity contribution is 5.96. The van der Waals surface area contributed by atoms with Crippen molar-refractivity contribution in [1.82, 2.24) is 16.0 Å². The molecular weight excluding hydrogens is 472 g/mol. The van der Waals surface area contributed by atoms with Crippen LogP contribution in [0.5, 0.6) is 0 Å². The van der Waals surface area contributed by atoms with E-state index in [0.29, 0.717) is 31.4 Å². The Morgan fingerprint density at radius 1 is 0.917 bits per heavy atom. The number of unbranched alkanes of at least 4 members (excludes halogenated alkanes) is 1. The predicted molar refractivity (Wildman–Crippen MR) is 130 cm³/mol. The van der Waals surface area contributed by atoms with Crippen molar-refractivity contribution in [2.75, 3.05) is 6.54 Å². The highest BCUT2D eigenvalue weighted by Gasteiger charge is 2.33. The number of carboxylic acids is 1. The van der Waals surface area contributed by atoms with E-state index in [4.69, 9.17) is 17.2 Å². The maximum Gasteiger partial charge on any atom is 0.326 e. The molecular formula is C23H36N6O7. The topological polar surface area (TPSA) is 240 Å². The molecule has 13 nitrogen and oxygen atoms in total. The predicted octanol–water partition coefficient (Wildman–Crippen LogP) is -2.52. The summed E-state index contributed by atoms with van der Waals surface area (Å²) in [5.74, 6) is -4.87. The highest BCUT2D eigenvalue weighted by Crippen LogP contribution is 2.06. The quantitative estimate of drug-likeness (QED) is 0.110. The Morgan fingerprint density at radius 3 is 2.06 bits per heavy atom. The van der Waals surface area contributed by atoms with Gasteiger partial charge in [0.05, 0.1) is 18.6 Å². The average Bonchev–Trinajstić information content (AvgIpc) is 2.81. The van der Waals surface area contributed by atoms with Crippen LogP contribution in [0.4, 0.5) is 0 Å². The number of carboxylic acid groups (broad SMARTS) is 1. The van der Waals surface area contributed by atoms with Gasteiger partial charge < -0.3 is 43.4 Å². The molecule has 4 amide bonds. The van der Waals surface area contributed by atoms with Crippen LogP contribution in [0, 0.1) is 0 Å². The molecule has 200 valence electrons. The minimum absolute atomic E-state index is 0.0369. The lowest BCUT2D eigenvalue weighted by atomic mass is 10.0. The van der Waals surface area contributed by atoms with Gasteiger partial charge in [-0.05, 0) is 31.9 Å². The number of rotatable bonds is 16. The summed E-state index contributed by atoms with van der Waals surface area (Å²) < 4.78 is 0. The minimum Gasteiger partial charge on any atom is -0.480 e. The summed E-state index contributed by atoms with van der Waals surface area (Å²) in [7, 11) is 0. The molecule has 0 bridgehead atoms. The van der Waals surface area contributed by atoms with Crippen molar-refractivity contribution in [3.8, 4) is 0 Å². The fraction of sp³-hybridized carbons (Fsp3) is 0.522. The molecule has 13 heteroatoms. The fourth-order valence-corrected chi connectivity index (χ4v) is 3.30. The summed E-state index contributed by atoms with van der Waals surface area (Å²) in [6, 6.07) is 3.20. The lowest BCUT2D eigenvalue weighted by Crippen LogP contribution is -2.60. The van der Waals surface area contributed by atoms with Gasteiger partial charge in [0.1, 0.15) is 18.1 Å². The zero-order valence-corrected chi connectivity index (χ0v) is 20.2. The van der Waals surface area contributed by atoms with Gasteiger partial charge in [-0.15, -0.1) is 0 Å². The Morgan fingerprint density at radius 2 is 1.53 bits per heavy atom. The summed E-state index contributed by atoms with van der Waals surface area (Å²) in [6.07, 6.45) is -0.541. The van der Waals surface area contributed by atoms with Crippen molar-refractivity contribution in [3.63, 3.8) is 0 Å². The van der Waals surface area contributed by atoms with Crippen molar-refractivity contribution in [2.24, 2.45) is 17.2 Å². The first-order valence-electron chi connectivity index (χ1n) is 11.6. The monoisotopic (exact) mass is 508 g/mol. The second kappa shape index (κ2) is 15.4. The van der Waals surface area contributed by atoms with Crippen LogP contribution in [0.15, 0.2) is 30.3 Å². The van der Waals surface area contributed by atoms with E-state index >= 15 is 0 Å². The average molecular weight is 509 g/mol. The number of carbonyl (C=O) groups is 5. The van der Waals surface area contributed by atoms with E-state index < -0.39 is 66.3 Å². The van der Waals surface area contributed by atoms with Crippen molar-refractivity contribution in [2.45, 2.75) is 69.3 Å². The SMILES string of the molecule is CC(O)C(NC(=O)C(CC(N)=O)NC(=O)C(N)CCCCN)C(=O)NC(Cc1ccccc1)C(=O)O. The molecule has 1 aromatic rings. The Balaban J connectivity index is 2.92. The molecule has 5 unspecified atom stereocenters. The number of nitrogens with one attached hydrogen (secondary N) is 3. The zero-order valence-electron chi connectivity index (χ0n) is 20.2. The maximum absolute atomic E-state index is 12.8. The zero-order chi connectivity index (χ0) is 27.3. The van der Waals surface area contributed by atoms with Gasteiger partial charge in [-0.25, -0.2) is 4.79 Å². The van der Waals surface area contributed by atoms with Gasteiger partial charge >= 0.3 is 5.97 Å². The third-order valence-electron chi connectivity index (χ3n) is 5.30. The molecule has 0 spiro atoms. The Hall–Kier alpha value is -3.55. The number of aliphatic hydroxyl groups is 1. The number of hydrogen-bond acceptors (Lipinski definition) is 8. The second-order valence-electron chi connectivity index (χ2n) is 8.44. The Kier molecular flexibility index (Phi) is 13.1. The number of nitrogens with two attached hydrogens (primary N) is 3. The van der Waals surface area contributed by atoms with Crippen LogP contribution in [0.2, 0.25) is 0 Å². The van der Waals surface area contributed by atoms with Crippen LogP contribution >= 0.6 is 0 Å². The van der Waals surface area contributed by atoms with Crippen LogP contribution in [0.3, 0.4) is 0 Å². The molecule has 0 aliphatic heterocycles. The second-order valence-corrected chi connectivity index (χ2v) is 8.44. The van der Waals surface area contributed by atoms with E-state index in [2.05, 4.69) is 16.0 Å². The Bertz CT molecular complexity index is 896. The molecule has 0 fully saturated rings. The summed E-state index contributed by atoms with van der Waals surface area (Å²) in [5, 5.41) is 26.5. The minimum atomic E-state index is -1.58. The van der Waals surface area contributed by atoms with Crippen LogP contribution in [0.25, 0.3) is 0 Å². The van der Waals surface area contributed by atoms with E-state index in [-0.39, 0.29) is 6.42 Å². The van der Waals surface area contributed by atoms with Crippen LogP contribution in [0.1, 0.15) is 38.2 Å². The molecule has 11 N–H and O–H groups in total. The van der Waals surface area contributed by atoms with Crippen molar-refractivity contribution < 1.29 is 34.2 Å². The van der Waals surface area contributed by atoms with E-state index in [9.17, 15) is 34.2 Å². The number of amides is 4. The highest BCUT2D eigenvalue weighted by atomic mass is 16.4. The van der Waals surface area contributed by atoms with Gasteiger partial charge in [-0.1, -0.05) is 36.8 Å². The van der Waals surface area contributed by atoms with Gasteiger partial charge in [0.2, 0.25) is 23.6 Å². The standard InChI is InChI=1S/C23H36N6O7/c1-13(30)19(22(34)28-17(23(35)36)11-14-7-3-2-4-8-14)29-21(33)16(12-18(26)31)27-20(32)15(25)9-5-6-10-24/h2-4,7-8,13,15-17,19,30H,5-6,9-12,24-25H2,1H3,(H2,26,31)(H,27,32)(H,28,34)(H,29,33)(H,35,36). The van der Waals surface area contributed by atoms with Crippen LogP contribution in [-0.2, 0) is 30.4 Å². The normalized spacial score (nSPS) is 15.0. The number of hydrogen-bond donors (Lipinski definition) is 8. The lowest BCUT2D eigenvalue weighted by Gasteiger charge is -2.26. The number of primary amides is 1. The summed E-state index contributed by atoms with van der Waals surface area (Å²) >= 11 is 0. The molecule has 0 radical (unpaired) electrons. The number of benzene rings is 1. The first-order chi connectivity index (χ1) is 17.0. The molecule has 5 atom stereocenters. The molecule has 1 rings (SSSR count). The molecule has 0 aromatic heterocycles. The van der Waals surface area contributed by atoms with Crippen molar-refractivity contribution in [3.05, 3.63) is 35.9 Å². The van der Waals surface area contributed by atoms with Crippen LogP contribution in [-0.4, -0.2) is 76.6 Å². The van der Waals surface area contributed by atoms with Gasteiger partial charge in [-0.3, -0.25) is 19.2 Å².